The van der Waals surface area contributed by atoms with Crippen LogP contribution < -0.4 is 10.6 Å². The Kier molecular flexibility index (Phi) is 6.33. The van der Waals surface area contributed by atoms with E-state index in [4.69, 9.17) is 0 Å². The predicted molar refractivity (Wildman–Crippen MR) is 109 cm³/mol. The lowest BCUT2D eigenvalue weighted by Crippen LogP contribution is -2.30. The fraction of sp³-hybridized carbons (Fsp3) is 0.278. The molecule has 0 saturated heterocycles. The Morgan fingerprint density at radius 2 is 1.61 bits per heavy atom. The molecule has 13 heteroatoms. The highest BCUT2D eigenvalue weighted by atomic mass is 31.0. The molecule has 0 radical (unpaired) electrons. The molecule has 1 atom stereocenters. The van der Waals surface area contributed by atoms with Crippen molar-refractivity contribution in [2.24, 2.45) is 0 Å². The zero-order valence-corrected chi connectivity index (χ0v) is 17.5. The van der Waals surface area contributed by atoms with E-state index in [1.165, 1.54) is 9.24 Å². The van der Waals surface area contributed by atoms with Crippen LogP contribution in [0.25, 0.3) is 11.6 Å². The molecule has 0 aliphatic rings. The maximum absolute atomic E-state index is 13.6. The first-order valence-corrected chi connectivity index (χ1v) is 9.43. The van der Waals surface area contributed by atoms with Crippen molar-refractivity contribution in [2.75, 3.05) is 17.2 Å². The van der Waals surface area contributed by atoms with Gasteiger partial charge in [-0.3, -0.25) is 0 Å². The molecule has 8 nitrogen and oxygen atoms in total. The van der Waals surface area contributed by atoms with E-state index in [1.807, 2.05) is 0 Å². The van der Waals surface area contributed by atoms with E-state index in [0.717, 1.165) is 24.4 Å². The summed E-state index contributed by atoms with van der Waals surface area (Å²) in [4.78, 5) is 19.9. The molecule has 164 valence electrons. The lowest BCUT2D eigenvalue weighted by atomic mass is 10.1. The summed E-state index contributed by atoms with van der Waals surface area (Å²) in [5, 5.41) is 15.3. The van der Waals surface area contributed by atoms with E-state index in [-0.39, 0.29) is 35.8 Å². The Balaban J connectivity index is 2.02. The number of rotatable bonds is 7. The molecule has 0 bridgehead atoms. The van der Waals surface area contributed by atoms with Gasteiger partial charge in [0, 0.05) is 24.5 Å². The molecule has 0 aliphatic heterocycles. The predicted octanol–water partition coefficient (Wildman–Crippen LogP) is 3.46. The first-order chi connectivity index (χ1) is 14.4. The summed E-state index contributed by atoms with van der Waals surface area (Å²) in [7, 11) is 1.37. The maximum atomic E-state index is 13.6. The van der Waals surface area contributed by atoms with Gasteiger partial charge in [-0.05, 0) is 32.0 Å². The van der Waals surface area contributed by atoms with E-state index >= 15 is 0 Å². The smallest absolute Gasteiger partial charge is 0.300 e. The van der Waals surface area contributed by atoms with Gasteiger partial charge in [0.1, 0.15) is 17.3 Å². The number of anilines is 3. The second-order valence-electron chi connectivity index (χ2n) is 7.14. The lowest BCUT2D eigenvalue weighted by molar-refractivity contribution is 0.0942. The average Bonchev–Trinajstić information content (AvgIpc) is 2.64. The van der Waals surface area contributed by atoms with Gasteiger partial charge in [-0.1, -0.05) is 9.24 Å². The first kappa shape index (κ1) is 22.7. The summed E-state index contributed by atoms with van der Waals surface area (Å²) in [5.41, 5.74) is -4.98. The highest BCUT2D eigenvalue weighted by Crippen LogP contribution is 2.33. The van der Waals surface area contributed by atoms with Crippen LogP contribution in [0.2, 0.25) is 0 Å². The molecule has 3 rings (SSSR count). The molecule has 1 aromatic carbocycles. The number of alkyl halides is 2. The summed E-state index contributed by atoms with van der Waals surface area (Å²) >= 11 is 0. The zero-order chi connectivity index (χ0) is 22.8. The Morgan fingerprint density at radius 3 is 2.23 bits per heavy atom. The molecule has 2 heterocycles. The van der Waals surface area contributed by atoms with Crippen molar-refractivity contribution in [3.63, 3.8) is 0 Å². The molecule has 0 amide bonds. The molecule has 2 aromatic heterocycles. The number of halogens is 4. The maximum Gasteiger partial charge on any atom is 0.300 e. The van der Waals surface area contributed by atoms with Crippen molar-refractivity contribution in [1.82, 2.24) is 24.9 Å². The number of hydrogen-bond donors (Lipinski definition) is 3. The molecular formula is C18H18F4N7OP. The molecule has 3 aromatic rings. The van der Waals surface area contributed by atoms with E-state index < -0.39 is 28.6 Å². The Hall–Kier alpha value is -2.98. The van der Waals surface area contributed by atoms with E-state index in [1.54, 1.807) is 13.8 Å². The van der Waals surface area contributed by atoms with Gasteiger partial charge < -0.3 is 15.7 Å². The van der Waals surface area contributed by atoms with Crippen LogP contribution in [-0.4, -0.2) is 42.2 Å². The van der Waals surface area contributed by atoms with Gasteiger partial charge in [-0.2, -0.15) is 23.7 Å². The van der Waals surface area contributed by atoms with Crippen LogP contribution in [0.15, 0.2) is 30.5 Å². The van der Waals surface area contributed by atoms with Crippen LogP contribution in [0.5, 0.6) is 0 Å². The van der Waals surface area contributed by atoms with Gasteiger partial charge >= 0.3 is 0 Å². The van der Waals surface area contributed by atoms with Crippen LogP contribution in [0.4, 0.5) is 35.1 Å². The molecule has 0 saturated carbocycles. The van der Waals surface area contributed by atoms with E-state index in [0.29, 0.717) is 6.07 Å². The third-order valence-corrected chi connectivity index (χ3v) is 3.93. The SMILES string of the molecule is CC(C)(O)CNc1nc(Nc2cc(F)cc(F)c2)nc(-c2nccc(C(F)(F)P)n2)n1. The third kappa shape index (κ3) is 6.50. The molecule has 1 unspecified atom stereocenters. The summed E-state index contributed by atoms with van der Waals surface area (Å²) in [6.07, 6.45) is 1.12. The summed E-state index contributed by atoms with van der Waals surface area (Å²) in [6.45, 7) is 3.13. The van der Waals surface area contributed by atoms with Gasteiger partial charge in [0.2, 0.25) is 17.7 Å². The minimum absolute atomic E-state index is 0.00856. The number of hydrogen-bond acceptors (Lipinski definition) is 8. The van der Waals surface area contributed by atoms with Crippen molar-refractivity contribution in [3.05, 3.63) is 47.8 Å². The van der Waals surface area contributed by atoms with Crippen LogP contribution in [0.3, 0.4) is 0 Å². The number of aliphatic hydroxyl groups is 1. The normalized spacial score (nSPS) is 12.0. The van der Waals surface area contributed by atoms with Crippen LogP contribution in [0, 0.1) is 11.6 Å². The van der Waals surface area contributed by atoms with Gasteiger partial charge in [0.25, 0.3) is 5.66 Å². The van der Waals surface area contributed by atoms with Crippen LogP contribution in [0.1, 0.15) is 19.5 Å². The summed E-state index contributed by atoms with van der Waals surface area (Å²) in [5.74, 6) is -2.24. The Morgan fingerprint density at radius 1 is 0.968 bits per heavy atom. The summed E-state index contributed by atoms with van der Waals surface area (Å²) in [6, 6.07) is 3.77. The van der Waals surface area contributed by atoms with Crippen LogP contribution in [-0.2, 0) is 5.66 Å². The van der Waals surface area contributed by atoms with Crippen molar-refractivity contribution >= 4 is 26.8 Å². The quantitative estimate of drug-likeness (QED) is 0.367. The average molecular weight is 455 g/mol. The minimum Gasteiger partial charge on any atom is -0.389 e. The third-order valence-electron chi connectivity index (χ3n) is 3.63. The number of nitrogens with one attached hydrogen (secondary N) is 2. The fourth-order valence-corrected chi connectivity index (χ4v) is 2.47. The highest BCUT2D eigenvalue weighted by Gasteiger charge is 2.27. The summed E-state index contributed by atoms with van der Waals surface area (Å²) < 4.78 is 54.2. The number of nitrogens with zero attached hydrogens (tertiary/aromatic N) is 5. The fourth-order valence-electron chi connectivity index (χ4n) is 2.31. The Bertz CT molecular complexity index is 1070. The second-order valence-corrected chi connectivity index (χ2v) is 7.87. The van der Waals surface area contributed by atoms with Crippen molar-refractivity contribution in [2.45, 2.75) is 25.1 Å². The van der Waals surface area contributed by atoms with Crippen molar-refractivity contribution in [3.8, 4) is 11.6 Å². The van der Waals surface area contributed by atoms with E-state index in [9.17, 15) is 22.7 Å². The van der Waals surface area contributed by atoms with Crippen LogP contribution >= 0.6 is 9.24 Å². The molecule has 3 N–H and O–H groups in total. The Labute approximate surface area is 176 Å². The largest absolute Gasteiger partial charge is 0.389 e. The van der Waals surface area contributed by atoms with Gasteiger partial charge in [0.15, 0.2) is 5.82 Å². The molecule has 0 aliphatic carbocycles. The lowest BCUT2D eigenvalue weighted by Gasteiger charge is -2.18. The van der Waals surface area contributed by atoms with Crippen molar-refractivity contribution < 1.29 is 22.7 Å². The molecule has 0 spiro atoms. The second kappa shape index (κ2) is 8.64. The number of aromatic nitrogens is 5. The first-order valence-electron chi connectivity index (χ1n) is 8.85. The minimum atomic E-state index is -3.30. The van der Waals surface area contributed by atoms with Gasteiger partial charge in [-0.25, -0.2) is 18.7 Å². The highest BCUT2D eigenvalue weighted by molar-refractivity contribution is 7.17. The van der Waals surface area contributed by atoms with Gasteiger partial charge in [-0.15, -0.1) is 0 Å². The topological polar surface area (TPSA) is 109 Å². The van der Waals surface area contributed by atoms with Gasteiger partial charge in [0.05, 0.1) is 5.60 Å². The monoisotopic (exact) mass is 455 g/mol. The number of benzene rings is 1. The molecular weight excluding hydrogens is 437 g/mol. The molecule has 31 heavy (non-hydrogen) atoms. The zero-order valence-electron chi connectivity index (χ0n) is 16.4. The standard InChI is InChI=1S/C18H18F4N7OP/c1-17(2,30)8-24-15-27-14(13-23-4-3-12(26-13)18(21,22)31)28-16(29-15)25-11-6-9(19)5-10(20)7-11/h3-7,30H,8,31H2,1-2H3,(H2,24,25,27,28,29). The van der Waals surface area contributed by atoms with E-state index in [2.05, 4.69) is 35.6 Å². The molecule has 0 fully saturated rings. The van der Waals surface area contributed by atoms with Crippen molar-refractivity contribution in [1.29, 1.82) is 0 Å².